The summed E-state index contributed by atoms with van der Waals surface area (Å²) >= 11 is 0. The van der Waals surface area contributed by atoms with E-state index in [2.05, 4.69) is 87.0 Å². The summed E-state index contributed by atoms with van der Waals surface area (Å²) in [5, 5.41) is 5.41. The Morgan fingerprint density at radius 1 is 0.919 bits per heavy atom. The van der Waals surface area contributed by atoms with E-state index in [4.69, 9.17) is 4.98 Å². The fraction of sp³-hybridized carbons (Fsp3) is 0.412. The van der Waals surface area contributed by atoms with Crippen molar-refractivity contribution < 1.29 is 4.57 Å². The van der Waals surface area contributed by atoms with Gasteiger partial charge in [-0.15, -0.1) is 0 Å². The quantitative estimate of drug-likeness (QED) is 0.140. The van der Waals surface area contributed by atoms with Crippen LogP contribution in [0.2, 0.25) is 0 Å². The smallest absolute Gasteiger partial charge is 0.287 e. The summed E-state index contributed by atoms with van der Waals surface area (Å²) < 4.78 is 4.82. The molecule has 0 bridgehead atoms. The maximum atomic E-state index is 4.98. The third kappa shape index (κ3) is 3.46. The number of fused-ring (bicyclic) bond motifs is 5. The van der Waals surface area contributed by atoms with E-state index in [9.17, 15) is 0 Å². The van der Waals surface area contributed by atoms with Crippen molar-refractivity contribution in [2.24, 2.45) is 18.4 Å². The van der Waals surface area contributed by atoms with Gasteiger partial charge in [0.1, 0.15) is 5.52 Å². The molecule has 0 N–H and O–H groups in total. The summed E-state index contributed by atoms with van der Waals surface area (Å²) in [6, 6.07) is 14.5. The van der Waals surface area contributed by atoms with E-state index in [0.717, 1.165) is 17.9 Å². The number of hydrogen-bond acceptors (Lipinski definition) is 1. The van der Waals surface area contributed by atoms with Crippen LogP contribution in [0.15, 0.2) is 42.7 Å². The first-order valence-corrected chi connectivity index (χ1v) is 14.1. The lowest BCUT2D eigenvalue weighted by atomic mass is 9.87. The van der Waals surface area contributed by atoms with Crippen molar-refractivity contribution in [2.75, 3.05) is 0 Å². The maximum absolute atomic E-state index is 4.98. The van der Waals surface area contributed by atoms with E-state index in [1.165, 1.54) is 98.0 Å². The van der Waals surface area contributed by atoms with Crippen molar-refractivity contribution in [3.8, 4) is 0 Å². The summed E-state index contributed by atoms with van der Waals surface area (Å²) in [6.45, 7) is 11.6. The van der Waals surface area contributed by atoms with E-state index in [1.54, 1.807) is 0 Å². The van der Waals surface area contributed by atoms with E-state index in [-0.39, 0.29) is 5.41 Å². The molecule has 0 unspecified atom stereocenters. The van der Waals surface area contributed by atoms with Crippen molar-refractivity contribution in [1.29, 1.82) is 0 Å². The van der Waals surface area contributed by atoms with Crippen LogP contribution in [-0.4, -0.2) is 9.38 Å². The third-order valence-electron chi connectivity index (χ3n) is 8.96. The average molecular weight is 489 g/mol. The second-order valence-electron chi connectivity index (χ2n) is 13.1. The van der Waals surface area contributed by atoms with Gasteiger partial charge in [0.15, 0.2) is 5.52 Å². The highest BCUT2D eigenvalue weighted by molar-refractivity contribution is 6.25. The number of aromatic nitrogens is 3. The Hall–Kier alpha value is -3.20. The standard InChI is InChI=1S/C34H38N3/c1-20-13-26-25-15-23(18-34(3,4)5)11-12-28(25)37-29-17-24(14-22-9-7-8-10-22)16-27-31(29)33(36(6)19-35-27)30(21(20)2)32(26)37/h11-13,15-17,19,22H,7-10,14,18H2,1-6H3/q+1. The van der Waals surface area contributed by atoms with Gasteiger partial charge in [-0.3, -0.25) is 0 Å². The van der Waals surface area contributed by atoms with Crippen LogP contribution in [0.5, 0.6) is 0 Å². The van der Waals surface area contributed by atoms with Crippen molar-refractivity contribution >= 4 is 49.1 Å². The molecular formula is C34H38N3+. The number of rotatable bonds is 3. The highest BCUT2D eigenvalue weighted by Gasteiger charge is 2.26. The summed E-state index contributed by atoms with van der Waals surface area (Å²) in [6.07, 6.45) is 9.76. The molecule has 0 aliphatic heterocycles. The normalized spacial score (nSPS) is 15.5. The largest absolute Gasteiger partial charge is 0.308 e. The maximum Gasteiger partial charge on any atom is 0.287 e. The fourth-order valence-electron chi connectivity index (χ4n) is 7.26. The summed E-state index contributed by atoms with van der Waals surface area (Å²) in [5.74, 6) is 0.811. The van der Waals surface area contributed by atoms with Gasteiger partial charge >= 0.3 is 0 Å². The van der Waals surface area contributed by atoms with Gasteiger partial charge in [0.2, 0.25) is 0 Å². The monoisotopic (exact) mass is 488 g/mol. The highest BCUT2D eigenvalue weighted by Crippen LogP contribution is 2.42. The Morgan fingerprint density at radius 2 is 1.70 bits per heavy atom. The minimum absolute atomic E-state index is 0.258. The van der Waals surface area contributed by atoms with Gasteiger partial charge in [0.05, 0.1) is 34.4 Å². The molecule has 3 aromatic heterocycles. The Kier molecular flexibility index (Phi) is 4.90. The van der Waals surface area contributed by atoms with Crippen LogP contribution in [-0.2, 0) is 19.9 Å². The second kappa shape index (κ2) is 7.90. The number of pyridine rings is 1. The molecule has 6 aromatic rings. The lowest BCUT2D eigenvalue weighted by Gasteiger charge is -2.18. The topological polar surface area (TPSA) is 21.2 Å². The van der Waals surface area contributed by atoms with E-state index >= 15 is 0 Å². The highest BCUT2D eigenvalue weighted by atomic mass is 15.0. The van der Waals surface area contributed by atoms with Gasteiger partial charge in [-0.2, -0.15) is 0 Å². The van der Waals surface area contributed by atoms with Crippen LogP contribution in [0.1, 0.15) is 68.7 Å². The third-order valence-corrected chi connectivity index (χ3v) is 8.96. The molecule has 0 spiro atoms. The molecule has 1 aliphatic rings. The molecule has 1 fully saturated rings. The van der Waals surface area contributed by atoms with Crippen molar-refractivity contribution in [3.63, 3.8) is 0 Å². The first kappa shape index (κ1) is 23.0. The zero-order chi connectivity index (χ0) is 25.6. The minimum Gasteiger partial charge on any atom is -0.308 e. The van der Waals surface area contributed by atoms with Gasteiger partial charge in [0, 0.05) is 10.8 Å². The van der Waals surface area contributed by atoms with Crippen molar-refractivity contribution in [2.45, 2.75) is 73.1 Å². The van der Waals surface area contributed by atoms with Gasteiger partial charge < -0.3 is 4.40 Å². The van der Waals surface area contributed by atoms with E-state index in [1.807, 2.05) is 6.33 Å². The van der Waals surface area contributed by atoms with Crippen LogP contribution in [0.3, 0.4) is 0 Å². The lowest BCUT2D eigenvalue weighted by Crippen LogP contribution is -2.30. The van der Waals surface area contributed by atoms with E-state index < -0.39 is 0 Å². The van der Waals surface area contributed by atoms with Crippen molar-refractivity contribution in [3.05, 3.63) is 65.0 Å². The Morgan fingerprint density at radius 3 is 2.46 bits per heavy atom. The molecule has 3 aromatic carbocycles. The molecule has 1 saturated carbocycles. The number of benzene rings is 3. The molecular weight excluding hydrogens is 450 g/mol. The van der Waals surface area contributed by atoms with Crippen LogP contribution in [0, 0.1) is 25.2 Å². The second-order valence-corrected chi connectivity index (χ2v) is 13.1. The Balaban J connectivity index is 1.66. The van der Waals surface area contributed by atoms with Gasteiger partial charge in [-0.1, -0.05) is 52.5 Å². The fourth-order valence-corrected chi connectivity index (χ4v) is 7.26. The zero-order valence-electron chi connectivity index (χ0n) is 23.2. The molecule has 0 atom stereocenters. The summed E-state index contributed by atoms with van der Waals surface area (Å²) in [5.41, 5.74) is 12.3. The minimum atomic E-state index is 0.258. The molecule has 37 heavy (non-hydrogen) atoms. The van der Waals surface area contributed by atoms with Crippen LogP contribution < -0.4 is 4.57 Å². The van der Waals surface area contributed by atoms with Crippen LogP contribution in [0.4, 0.5) is 0 Å². The molecule has 7 rings (SSSR count). The predicted octanol–water partition coefficient (Wildman–Crippen LogP) is 8.15. The molecule has 1 aliphatic carbocycles. The molecule has 0 amide bonds. The van der Waals surface area contributed by atoms with Crippen LogP contribution >= 0.6 is 0 Å². The van der Waals surface area contributed by atoms with Gasteiger partial charge in [0.25, 0.3) is 6.33 Å². The molecule has 0 saturated heterocycles. The Bertz CT molecular complexity index is 1840. The number of nitrogens with zero attached hydrogens (tertiary/aromatic N) is 3. The molecule has 3 nitrogen and oxygen atoms in total. The molecule has 0 radical (unpaired) electrons. The summed E-state index contributed by atoms with van der Waals surface area (Å²) in [7, 11) is 2.16. The first-order chi connectivity index (χ1) is 17.7. The molecule has 3 heteroatoms. The molecule has 3 heterocycles. The van der Waals surface area contributed by atoms with Gasteiger partial charge in [-0.05, 0) is 95.6 Å². The first-order valence-electron chi connectivity index (χ1n) is 14.1. The number of aryl methyl sites for hydroxylation is 3. The van der Waals surface area contributed by atoms with Crippen molar-refractivity contribution in [1.82, 2.24) is 9.38 Å². The lowest BCUT2D eigenvalue weighted by molar-refractivity contribution is -0.646. The molecule has 188 valence electrons. The van der Waals surface area contributed by atoms with Gasteiger partial charge in [-0.25, -0.2) is 4.57 Å². The SMILES string of the molecule is Cc1cc2c3cc(CC(C)(C)C)ccc3n3c4cc(CC5CCCC5)cc5nc[n+](C)c(c(c1C)c23)c54. The Labute approximate surface area is 219 Å². The van der Waals surface area contributed by atoms with E-state index in [0.29, 0.717) is 0 Å². The average Bonchev–Trinajstić information content (AvgIpc) is 3.46. The number of hydrogen-bond donors (Lipinski definition) is 0. The summed E-state index contributed by atoms with van der Waals surface area (Å²) in [4.78, 5) is 4.98. The predicted molar refractivity (Wildman–Crippen MR) is 156 cm³/mol. The zero-order valence-corrected chi connectivity index (χ0v) is 23.2. The van der Waals surface area contributed by atoms with Crippen LogP contribution in [0.25, 0.3) is 49.1 Å².